The van der Waals surface area contributed by atoms with Crippen LogP contribution < -0.4 is 15.0 Å². The van der Waals surface area contributed by atoms with Crippen LogP contribution in [0.15, 0.2) is 47.1 Å². The van der Waals surface area contributed by atoms with Crippen molar-refractivity contribution in [1.29, 1.82) is 0 Å². The molecule has 1 aliphatic rings. The molecule has 4 rings (SSSR count). The number of hydrogen-bond donors (Lipinski definition) is 1. The summed E-state index contributed by atoms with van der Waals surface area (Å²) in [5.41, 5.74) is 1.31. The number of amides is 2. The van der Waals surface area contributed by atoms with Crippen LogP contribution >= 0.6 is 0 Å². The Bertz CT molecular complexity index is 1140. The lowest BCUT2D eigenvalue weighted by atomic mass is 10.1. The van der Waals surface area contributed by atoms with Crippen molar-refractivity contribution in [1.82, 2.24) is 20.2 Å². The minimum Gasteiger partial charge on any atom is -0.496 e. The van der Waals surface area contributed by atoms with E-state index in [2.05, 4.69) is 20.2 Å². The predicted molar refractivity (Wildman–Crippen MR) is 118 cm³/mol. The van der Waals surface area contributed by atoms with Crippen molar-refractivity contribution in [3.05, 3.63) is 59.9 Å². The number of rotatable bonds is 5. The Morgan fingerprint density at radius 2 is 1.88 bits per heavy atom. The van der Waals surface area contributed by atoms with Gasteiger partial charge in [-0.1, -0.05) is 6.07 Å². The monoisotopic (exact) mass is 475 g/mol. The van der Waals surface area contributed by atoms with E-state index in [0.717, 1.165) is 23.5 Å². The lowest BCUT2D eigenvalue weighted by Crippen LogP contribution is -2.51. The highest BCUT2D eigenvalue weighted by molar-refractivity contribution is 5.75. The number of nitrogens with one attached hydrogen (secondary N) is 1. The summed E-state index contributed by atoms with van der Waals surface area (Å²) in [7, 11) is 1.60. The van der Waals surface area contributed by atoms with Crippen molar-refractivity contribution in [2.45, 2.75) is 19.6 Å². The topological polar surface area (TPSA) is 83.7 Å². The van der Waals surface area contributed by atoms with Crippen LogP contribution in [0, 0.1) is 6.92 Å². The number of benzene rings is 1. The number of halogens is 3. The van der Waals surface area contributed by atoms with E-state index in [9.17, 15) is 18.0 Å². The van der Waals surface area contributed by atoms with Crippen LogP contribution in [0.25, 0.3) is 11.3 Å². The number of urea groups is 1. The van der Waals surface area contributed by atoms with Crippen LogP contribution in [-0.2, 0) is 12.7 Å². The van der Waals surface area contributed by atoms with Crippen LogP contribution in [0.1, 0.15) is 17.1 Å². The number of pyridine rings is 1. The van der Waals surface area contributed by atoms with Gasteiger partial charge in [-0.2, -0.15) is 13.2 Å². The summed E-state index contributed by atoms with van der Waals surface area (Å²) in [5.74, 6) is 1.87. The second-order valence-electron chi connectivity index (χ2n) is 7.81. The summed E-state index contributed by atoms with van der Waals surface area (Å²) in [6.45, 7) is 4.13. The minimum absolute atomic E-state index is 0.101. The summed E-state index contributed by atoms with van der Waals surface area (Å²) in [5, 5.41) is 2.74. The molecule has 0 radical (unpaired) electrons. The summed E-state index contributed by atoms with van der Waals surface area (Å²) in [6.07, 6.45) is -1.70. The predicted octanol–water partition coefficient (Wildman–Crippen LogP) is 4.10. The molecule has 0 spiro atoms. The highest BCUT2D eigenvalue weighted by Crippen LogP contribution is 2.34. The van der Waals surface area contributed by atoms with Gasteiger partial charge in [-0.3, -0.25) is 4.98 Å². The summed E-state index contributed by atoms with van der Waals surface area (Å²) < 4.78 is 49.0. The van der Waals surface area contributed by atoms with Crippen LogP contribution in [0.5, 0.6) is 5.75 Å². The lowest BCUT2D eigenvalue weighted by molar-refractivity contribution is -0.141. The number of oxazole rings is 1. The van der Waals surface area contributed by atoms with E-state index >= 15 is 0 Å². The number of nitrogens with zero attached hydrogens (tertiary/aromatic N) is 4. The number of carbonyl (C=O) groups is 1. The molecule has 0 unspecified atom stereocenters. The summed E-state index contributed by atoms with van der Waals surface area (Å²) >= 11 is 0. The molecule has 2 amide bonds. The van der Waals surface area contributed by atoms with Gasteiger partial charge >= 0.3 is 12.2 Å². The fourth-order valence-electron chi connectivity index (χ4n) is 3.72. The van der Waals surface area contributed by atoms with Gasteiger partial charge in [-0.05, 0) is 23.8 Å². The molecule has 0 saturated carbocycles. The van der Waals surface area contributed by atoms with E-state index in [1.807, 2.05) is 18.2 Å². The van der Waals surface area contributed by atoms with Gasteiger partial charge in [0.05, 0.1) is 18.9 Å². The third-order valence-corrected chi connectivity index (χ3v) is 5.56. The van der Waals surface area contributed by atoms with Gasteiger partial charge in [-0.25, -0.2) is 9.78 Å². The largest absolute Gasteiger partial charge is 0.496 e. The Morgan fingerprint density at radius 3 is 2.47 bits per heavy atom. The molecule has 1 saturated heterocycles. The van der Waals surface area contributed by atoms with Crippen LogP contribution in [0.3, 0.4) is 0 Å². The number of hydrogen-bond acceptors (Lipinski definition) is 6. The van der Waals surface area contributed by atoms with Gasteiger partial charge in [0.15, 0.2) is 11.7 Å². The molecule has 0 bridgehead atoms. The summed E-state index contributed by atoms with van der Waals surface area (Å²) in [6, 6.07) is 7.77. The third kappa shape index (κ3) is 5.24. The van der Waals surface area contributed by atoms with Gasteiger partial charge in [0, 0.05) is 57.6 Å². The van der Waals surface area contributed by atoms with Gasteiger partial charge in [0.2, 0.25) is 0 Å². The van der Waals surface area contributed by atoms with E-state index < -0.39 is 11.9 Å². The number of piperazine rings is 1. The molecule has 3 heterocycles. The molecule has 1 fully saturated rings. The molecule has 1 aliphatic heterocycles. The molecular weight excluding hydrogens is 451 g/mol. The Kier molecular flexibility index (Phi) is 6.62. The molecule has 2 aromatic heterocycles. The molecule has 8 nitrogen and oxygen atoms in total. The average molecular weight is 475 g/mol. The average Bonchev–Trinajstić information content (AvgIpc) is 3.28. The van der Waals surface area contributed by atoms with E-state index in [0.29, 0.717) is 49.1 Å². The quantitative estimate of drug-likeness (QED) is 0.598. The second-order valence-corrected chi connectivity index (χ2v) is 7.81. The first-order valence-electron chi connectivity index (χ1n) is 10.7. The van der Waals surface area contributed by atoms with Gasteiger partial charge in [-0.15, -0.1) is 0 Å². The Labute approximate surface area is 194 Å². The number of anilines is 1. The zero-order chi connectivity index (χ0) is 24.3. The van der Waals surface area contributed by atoms with Gasteiger partial charge in [0.1, 0.15) is 11.4 Å². The van der Waals surface area contributed by atoms with Crippen molar-refractivity contribution in [2.75, 3.05) is 38.2 Å². The van der Waals surface area contributed by atoms with Crippen molar-refractivity contribution >= 4 is 11.7 Å². The maximum Gasteiger partial charge on any atom is 0.433 e. The van der Waals surface area contributed by atoms with Crippen molar-refractivity contribution in [2.24, 2.45) is 0 Å². The standard InChI is InChI=1S/C23H24F3N5O3/c1-15-27-14-20(34-15)18-5-4-17(11-19(18)33-2)30-7-9-31(10-8-30)22(32)29-13-16-3-6-21(28-12-16)23(24,25)26/h3-6,11-12,14H,7-10,13H2,1-2H3,(H,29,32). The molecule has 11 heteroatoms. The fraction of sp³-hybridized carbons (Fsp3) is 0.348. The van der Waals surface area contributed by atoms with Gasteiger partial charge in [0.25, 0.3) is 0 Å². The first-order valence-corrected chi connectivity index (χ1v) is 10.7. The Hall–Kier alpha value is -3.76. The molecule has 0 aliphatic carbocycles. The first-order chi connectivity index (χ1) is 16.2. The molecule has 0 atom stereocenters. The zero-order valence-electron chi connectivity index (χ0n) is 18.7. The van der Waals surface area contributed by atoms with Crippen LogP contribution in [0.2, 0.25) is 0 Å². The fourth-order valence-corrected chi connectivity index (χ4v) is 3.72. The minimum atomic E-state index is -4.49. The maximum atomic E-state index is 12.6. The number of ether oxygens (including phenoxy) is 1. The third-order valence-electron chi connectivity index (χ3n) is 5.56. The molecule has 1 N–H and O–H groups in total. The van der Waals surface area contributed by atoms with E-state index in [1.165, 1.54) is 6.07 Å². The van der Waals surface area contributed by atoms with Crippen LogP contribution in [0.4, 0.5) is 23.7 Å². The second kappa shape index (κ2) is 9.62. The van der Waals surface area contributed by atoms with E-state index in [1.54, 1.807) is 25.1 Å². The first kappa shape index (κ1) is 23.4. The lowest BCUT2D eigenvalue weighted by Gasteiger charge is -2.36. The highest BCUT2D eigenvalue weighted by Gasteiger charge is 2.32. The van der Waals surface area contributed by atoms with Crippen molar-refractivity contribution < 1.29 is 27.1 Å². The zero-order valence-corrected chi connectivity index (χ0v) is 18.7. The maximum absolute atomic E-state index is 12.6. The Morgan fingerprint density at radius 1 is 1.12 bits per heavy atom. The number of carbonyl (C=O) groups excluding carboxylic acids is 1. The molecule has 180 valence electrons. The van der Waals surface area contributed by atoms with Crippen molar-refractivity contribution in [3.8, 4) is 17.1 Å². The highest BCUT2D eigenvalue weighted by atomic mass is 19.4. The van der Waals surface area contributed by atoms with E-state index in [-0.39, 0.29) is 12.6 Å². The van der Waals surface area contributed by atoms with Crippen molar-refractivity contribution in [3.63, 3.8) is 0 Å². The smallest absolute Gasteiger partial charge is 0.433 e. The normalized spacial score (nSPS) is 14.3. The molecular formula is C23H24F3N5O3. The van der Waals surface area contributed by atoms with Crippen LogP contribution in [-0.4, -0.2) is 54.2 Å². The number of aryl methyl sites for hydroxylation is 1. The van der Waals surface area contributed by atoms with Gasteiger partial charge < -0.3 is 24.3 Å². The molecule has 3 aromatic rings. The number of aromatic nitrogens is 2. The number of methoxy groups -OCH3 is 1. The number of alkyl halides is 3. The SMILES string of the molecule is COc1cc(N2CCN(C(=O)NCc3ccc(C(F)(F)F)nc3)CC2)ccc1-c1cnc(C)o1. The van der Waals surface area contributed by atoms with E-state index in [4.69, 9.17) is 9.15 Å². The Balaban J connectivity index is 1.32. The molecule has 34 heavy (non-hydrogen) atoms. The summed E-state index contributed by atoms with van der Waals surface area (Å²) in [4.78, 5) is 23.9. The molecule has 1 aromatic carbocycles.